The molecule has 0 saturated carbocycles. The van der Waals surface area contributed by atoms with Gasteiger partial charge in [-0.15, -0.1) is 10.2 Å². The van der Waals surface area contributed by atoms with Crippen molar-refractivity contribution in [2.75, 3.05) is 7.05 Å². The molecule has 0 radical (unpaired) electrons. The molecule has 1 heterocycles. The first-order valence-corrected chi connectivity index (χ1v) is 7.73. The van der Waals surface area contributed by atoms with Crippen LogP contribution in [0.25, 0.3) is 11.4 Å². The molecule has 9 nitrogen and oxygen atoms in total. The molecule has 2 aromatic rings. The molecule has 1 atom stereocenters. The van der Waals surface area contributed by atoms with Crippen molar-refractivity contribution < 1.29 is 18.3 Å². The normalized spacial score (nSPS) is 13.3. The topological polar surface area (TPSA) is 118 Å². The van der Waals surface area contributed by atoms with E-state index in [1.54, 1.807) is 19.2 Å². The number of carboxylic acid groups (broad SMARTS) is 1. The molecule has 1 unspecified atom stereocenters. The molecule has 0 aliphatic carbocycles. The molecule has 0 amide bonds. The highest BCUT2D eigenvalue weighted by Gasteiger charge is 2.29. The molecular weight excluding hydrogens is 310 g/mol. The van der Waals surface area contributed by atoms with Gasteiger partial charge in [0.1, 0.15) is 6.04 Å². The Balaban J connectivity index is 2.31. The van der Waals surface area contributed by atoms with Crippen LogP contribution in [0, 0.1) is 0 Å². The first kappa shape index (κ1) is 16.0. The number of carboxylic acids is 1. The van der Waals surface area contributed by atoms with Crippen molar-refractivity contribution in [1.29, 1.82) is 0 Å². The van der Waals surface area contributed by atoms with E-state index in [1.807, 2.05) is 0 Å². The van der Waals surface area contributed by atoms with Crippen molar-refractivity contribution in [2.24, 2.45) is 7.05 Å². The molecule has 118 valence electrons. The van der Waals surface area contributed by atoms with E-state index in [0.29, 0.717) is 11.4 Å². The van der Waals surface area contributed by atoms with Crippen LogP contribution in [0.3, 0.4) is 0 Å². The second kappa shape index (κ2) is 5.81. The van der Waals surface area contributed by atoms with Gasteiger partial charge in [0.2, 0.25) is 15.8 Å². The van der Waals surface area contributed by atoms with Crippen LogP contribution in [0.2, 0.25) is 0 Å². The standard InChI is InChI=1S/C12H15N5O4S/c1-8(12(18)19)16(2)22(20,21)10-6-4-9(5-7-10)11-13-15-17(3)14-11/h4-8H,1-3H3,(H,18,19). The average Bonchev–Trinajstić information content (AvgIpc) is 2.92. The summed E-state index contributed by atoms with van der Waals surface area (Å²) >= 11 is 0. The SMILES string of the molecule is CC(C(=O)O)N(C)S(=O)(=O)c1ccc(-c2nnn(C)n2)cc1. The van der Waals surface area contributed by atoms with Crippen LogP contribution in [0.1, 0.15) is 6.92 Å². The summed E-state index contributed by atoms with van der Waals surface area (Å²) in [5, 5.41) is 20.5. The zero-order valence-electron chi connectivity index (χ0n) is 12.2. The van der Waals surface area contributed by atoms with Crippen molar-refractivity contribution in [3.05, 3.63) is 24.3 Å². The number of aliphatic carboxylic acids is 1. The van der Waals surface area contributed by atoms with Crippen molar-refractivity contribution in [2.45, 2.75) is 17.9 Å². The number of rotatable bonds is 5. The van der Waals surface area contributed by atoms with Gasteiger partial charge in [0.05, 0.1) is 11.9 Å². The van der Waals surface area contributed by atoms with Gasteiger partial charge in [-0.1, -0.05) is 0 Å². The third kappa shape index (κ3) is 2.97. The maximum absolute atomic E-state index is 12.3. The Morgan fingerprint density at radius 1 is 1.32 bits per heavy atom. The molecule has 0 aliphatic heterocycles. The molecule has 2 rings (SSSR count). The van der Waals surface area contributed by atoms with E-state index in [-0.39, 0.29) is 4.90 Å². The Bertz CT molecular complexity index is 784. The minimum Gasteiger partial charge on any atom is -0.480 e. The molecule has 0 bridgehead atoms. The smallest absolute Gasteiger partial charge is 0.321 e. The zero-order valence-corrected chi connectivity index (χ0v) is 13.0. The van der Waals surface area contributed by atoms with Gasteiger partial charge in [0, 0.05) is 12.6 Å². The Kier molecular flexibility index (Phi) is 4.24. The summed E-state index contributed by atoms with van der Waals surface area (Å²) < 4.78 is 25.5. The number of aromatic nitrogens is 4. The van der Waals surface area contributed by atoms with Gasteiger partial charge < -0.3 is 5.11 Å². The monoisotopic (exact) mass is 325 g/mol. The van der Waals surface area contributed by atoms with E-state index >= 15 is 0 Å². The molecule has 0 spiro atoms. The van der Waals surface area contributed by atoms with Crippen molar-refractivity contribution in [3.63, 3.8) is 0 Å². The number of aryl methyl sites for hydroxylation is 1. The van der Waals surface area contributed by atoms with E-state index in [2.05, 4.69) is 15.4 Å². The van der Waals surface area contributed by atoms with Gasteiger partial charge in [-0.3, -0.25) is 4.79 Å². The lowest BCUT2D eigenvalue weighted by molar-refractivity contribution is -0.140. The number of hydrogen-bond acceptors (Lipinski definition) is 6. The fraction of sp³-hybridized carbons (Fsp3) is 0.333. The van der Waals surface area contributed by atoms with Gasteiger partial charge in [0.25, 0.3) is 0 Å². The lowest BCUT2D eigenvalue weighted by Gasteiger charge is -2.21. The summed E-state index contributed by atoms with van der Waals surface area (Å²) in [4.78, 5) is 12.2. The highest BCUT2D eigenvalue weighted by Crippen LogP contribution is 2.20. The molecule has 10 heteroatoms. The third-order valence-corrected chi connectivity index (χ3v) is 5.14. The summed E-state index contributed by atoms with van der Waals surface area (Å²) in [6, 6.07) is 4.69. The fourth-order valence-corrected chi connectivity index (χ4v) is 3.02. The fourth-order valence-electron chi connectivity index (χ4n) is 1.71. The predicted molar refractivity (Wildman–Crippen MR) is 76.3 cm³/mol. The van der Waals surface area contributed by atoms with Crippen LogP contribution in [0.15, 0.2) is 29.2 Å². The highest BCUT2D eigenvalue weighted by atomic mass is 32.2. The van der Waals surface area contributed by atoms with Crippen LogP contribution >= 0.6 is 0 Å². The van der Waals surface area contributed by atoms with Gasteiger partial charge >= 0.3 is 5.97 Å². The first-order valence-electron chi connectivity index (χ1n) is 6.28. The van der Waals surface area contributed by atoms with E-state index in [1.165, 1.54) is 30.9 Å². The number of sulfonamides is 1. The lowest BCUT2D eigenvalue weighted by Crippen LogP contribution is -2.40. The Labute approximate surface area is 127 Å². The van der Waals surface area contributed by atoms with Gasteiger partial charge in [-0.25, -0.2) is 8.42 Å². The number of likely N-dealkylation sites (N-methyl/N-ethyl adjacent to an activating group) is 1. The summed E-state index contributed by atoms with van der Waals surface area (Å²) in [7, 11) is -1.04. The molecule has 22 heavy (non-hydrogen) atoms. The zero-order chi connectivity index (χ0) is 16.5. The largest absolute Gasteiger partial charge is 0.480 e. The van der Waals surface area contributed by atoms with Crippen molar-refractivity contribution in [1.82, 2.24) is 24.5 Å². The van der Waals surface area contributed by atoms with E-state index in [9.17, 15) is 13.2 Å². The van der Waals surface area contributed by atoms with E-state index < -0.39 is 22.0 Å². The van der Waals surface area contributed by atoms with Crippen LogP contribution in [0.4, 0.5) is 0 Å². The average molecular weight is 325 g/mol. The number of tetrazole rings is 1. The molecule has 0 fully saturated rings. The second-order valence-corrected chi connectivity index (χ2v) is 6.66. The van der Waals surface area contributed by atoms with E-state index in [4.69, 9.17) is 5.11 Å². The first-order chi connectivity index (χ1) is 10.2. The van der Waals surface area contributed by atoms with Gasteiger partial charge in [-0.05, 0) is 36.4 Å². The Morgan fingerprint density at radius 3 is 2.36 bits per heavy atom. The van der Waals surface area contributed by atoms with Crippen LogP contribution < -0.4 is 0 Å². The maximum atomic E-state index is 12.3. The number of carbonyl (C=O) groups is 1. The molecule has 1 aromatic heterocycles. The minimum absolute atomic E-state index is 0.00394. The van der Waals surface area contributed by atoms with Gasteiger partial charge in [-0.2, -0.15) is 9.10 Å². The van der Waals surface area contributed by atoms with Gasteiger partial charge in [0.15, 0.2) is 0 Å². The second-order valence-electron chi connectivity index (χ2n) is 4.66. The molecule has 0 aliphatic rings. The maximum Gasteiger partial charge on any atom is 0.321 e. The Morgan fingerprint density at radius 2 is 1.91 bits per heavy atom. The van der Waals surface area contributed by atoms with Crippen molar-refractivity contribution in [3.8, 4) is 11.4 Å². The summed E-state index contributed by atoms with van der Waals surface area (Å²) in [6.45, 7) is 1.30. The van der Waals surface area contributed by atoms with Crippen LogP contribution in [-0.4, -0.2) is 57.1 Å². The summed E-state index contributed by atoms with van der Waals surface area (Å²) in [5.74, 6) is -0.842. The summed E-state index contributed by atoms with van der Waals surface area (Å²) in [5.41, 5.74) is 0.612. The van der Waals surface area contributed by atoms with Crippen LogP contribution in [0.5, 0.6) is 0 Å². The minimum atomic E-state index is -3.89. The quantitative estimate of drug-likeness (QED) is 0.820. The number of benzene rings is 1. The molecular formula is C12H15N5O4S. The summed E-state index contributed by atoms with van der Waals surface area (Å²) in [6.07, 6.45) is 0. The predicted octanol–water partition coefficient (Wildman–Crippen LogP) is -0.0293. The molecule has 0 saturated heterocycles. The molecule has 1 N–H and O–H groups in total. The van der Waals surface area contributed by atoms with Crippen molar-refractivity contribution >= 4 is 16.0 Å². The number of hydrogen-bond donors (Lipinski definition) is 1. The molecule has 1 aromatic carbocycles. The Hall–Kier alpha value is -2.33. The highest BCUT2D eigenvalue weighted by molar-refractivity contribution is 7.89. The van der Waals surface area contributed by atoms with Crippen LogP contribution in [-0.2, 0) is 21.9 Å². The number of nitrogens with zero attached hydrogens (tertiary/aromatic N) is 5. The lowest BCUT2D eigenvalue weighted by atomic mass is 10.2. The third-order valence-electron chi connectivity index (χ3n) is 3.20. The van der Waals surface area contributed by atoms with E-state index in [0.717, 1.165) is 4.31 Å².